The molecule has 1 atom stereocenters. The molecule has 1 aliphatic carbocycles. The van der Waals surface area contributed by atoms with Crippen molar-refractivity contribution in [3.8, 4) is 6.07 Å². The Morgan fingerprint density at radius 1 is 1.75 bits per heavy atom. The smallest absolute Gasteiger partial charge is 0.106 e. The molecule has 12 heavy (non-hydrogen) atoms. The predicted molar refractivity (Wildman–Crippen MR) is 53.7 cm³/mol. The minimum absolute atomic E-state index is 0.455. The number of nitrogens with zero attached hydrogens (tertiary/aromatic N) is 1. The van der Waals surface area contributed by atoms with Crippen LogP contribution in [0.4, 0.5) is 0 Å². The van der Waals surface area contributed by atoms with E-state index in [-0.39, 0.29) is 0 Å². The van der Waals surface area contributed by atoms with E-state index in [1.54, 1.807) is 11.8 Å². The van der Waals surface area contributed by atoms with Gasteiger partial charge >= 0.3 is 0 Å². The van der Waals surface area contributed by atoms with Crippen LogP contribution in [0.2, 0.25) is 0 Å². The normalized spacial score (nSPS) is 26.5. The largest absolute Gasteiger partial charge is 0.192 e. The van der Waals surface area contributed by atoms with Gasteiger partial charge in [-0.3, -0.25) is 0 Å². The Bertz CT molecular complexity index is 235. The van der Waals surface area contributed by atoms with E-state index >= 15 is 0 Å². The van der Waals surface area contributed by atoms with Crippen molar-refractivity contribution in [1.29, 1.82) is 5.26 Å². The Morgan fingerprint density at radius 2 is 2.33 bits per heavy atom. The average molecular weight is 181 g/mol. The van der Waals surface area contributed by atoms with Crippen LogP contribution >= 0.6 is 11.8 Å². The first-order valence-electron chi connectivity index (χ1n) is 4.35. The summed E-state index contributed by atoms with van der Waals surface area (Å²) < 4.78 is 0. The molecule has 0 radical (unpaired) electrons. The Labute approximate surface area is 78.8 Å². The quantitative estimate of drug-likeness (QED) is 0.624. The summed E-state index contributed by atoms with van der Waals surface area (Å²) in [5, 5.41) is 8.76. The minimum Gasteiger partial charge on any atom is -0.192 e. The van der Waals surface area contributed by atoms with E-state index in [1.165, 1.54) is 6.42 Å². The number of hydrogen-bond donors (Lipinski definition) is 0. The van der Waals surface area contributed by atoms with Gasteiger partial charge in [0, 0.05) is 0 Å². The van der Waals surface area contributed by atoms with Gasteiger partial charge in [-0.2, -0.15) is 5.26 Å². The number of nitriles is 1. The van der Waals surface area contributed by atoms with Crippen molar-refractivity contribution in [2.24, 2.45) is 11.3 Å². The molecular formula is C10H15NS. The van der Waals surface area contributed by atoms with E-state index in [9.17, 15) is 0 Å². The highest BCUT2D eigenvalue weighted by Gasteiger charge is 2.43. The van der Waals surface area contributed by atoms with Gasteiger partial charge in [0.25, 0.3) is 0 Å². The number of hydrogen-bond acceptors (Lipinski definition) is 2. The molecule has 0 spiro atoms. The molecule has 66 valence electrons. The molecule has 1 rings (SSSR count). The van der Waals surface area contributed by atoms with Crippen molar-refractivity contribution in [2.75, 3.05) is 5.75 Å². The molecule has 0 aromatic carbocycles. The maximum Gasteiger partial charge on any atom is 0.106 e. The molecule has 0 N–H and O–H groups in total. The highest BCUT2D eigenvalue weighted by molar-refractivity contribution is 8.03. The third kappa shape index (κ3) is 2.28. The zero-order valence-electron chi connectivity index (χ0n) is 7.92. The molecule has 0 unspecified atom stereocenters. The first-order valence-corrected chi connectivity index (χ1v) is 5.33. The molecule has 0 aromatic heterocycles. The van der Waals surface area contributed by atoms with Crippen LogP contribution in [0.5, 0.6) is 0 Å². The summed E-state index contributed by atoms with van der Waals surface area (Å²) in [4.78, 5) is 0.896. The van der Waals surface area contributed by atoms with Crippen LogP contribution in [0.1, 0.15) is 27.2 Å². The summed E-state index contributed by atoms with van der Waals surface area (Å²) in [5.41, 5.74) is 0.455. The lowest BCUT2D eigenvalue weighted by molar-refractivity contribution is 0.610. The Morgan fingerprint density at radius 3 is 2.67 bits per heavy atom. The molecule has 0 heterocycles. The van der Waals surface area contributed by atoms with E-state index in [4.69, 9.17) is 5.26 Å². The van der Waals surface area contributed by atoms with E-state index in [2.05, 4.69) is 32.9 Å². The van der Waals surface area contributed by atoms with Gasteiger partial charge in [0.05, 0.1) is 4.91 Å². The van der Waals surface area contributed by atoms with Crippen LogP contribution in [-0.4, -0.2) is 5.75 Å². The van der Waals surface area contributed by atoms with Crippen molar-refractivity contribution in [3.63, 3.8) is 0 Å². The Balaban J connectivity index is 2.51. The maximum absolute atomic E-state index is 8.76. The molecule has 0 aromatic rings. The minimum atomic E-state index is 0.455. The summed E-state index contributed by atoms with van der Waals surface area (Å²) in [6.45, 7) is 6.58. The van der Waals surface area contributed by atoms with Crippen molar-refractivity contribution in [1.82, 2.24) is 0 Å². The summed E-state index contributed by atoms with van der Waals surface area (Å²) in [6.07, 6.45) is 3.37. The van der Waals surface area contributed by atoms with E-state index in [0.717, 1.165) is 10.7 Å². The fourth-order valence-corrected chi connectivity index (χ4v) is 1.88. The zero-order chi connectivity index (χ0) is 9.19. The molecule has 2 heteroatoms. The molecule has 0 aliphatic heterocycles. The Hall–Kier alpha value is -0.420. The lowest BCUT2D eigenvalue weighted by Crippen LogP contribution is -1.87. The van der Waals surface area contributed by atoms with Crippen molar-refractivity contribution in [2.45, 2.75) is 27.2 Å². The second kappa shape index (κ2) is 3.53. The van der Waals surface area contributed by atoms with Crippen LogP contribution in [0.25, 0.3) is 0 Å². The first kappa shape index (κ1) is 9.67. The fourth-order valence-electron chi connectivity index (χ4n) is 1.25. The van der Waals surface area contributed by atoms with Crippen molar-refractivity contribution in [3.05, 3.63) is 11.0 Å². The third-order valence-corrected chi connectivity index (χ3v) is 3.18. The van der Waals surface area contributed by atoms with Gasteiger partial charge in [0.15, 0.2) is 0 Å². The summed E-state index contributed by atoms with van der Waals surface area (Å²) in [7, 11) is 0. The average Bonchev–Trinajstić information content (AvgIpc) is 2.58. The molecule has 1 fully saturated rings. The predicted octanol–water partition coefficient (Wildman–Crippen LogP) is 3.19. The lowest BCUT2D eigenvalue weighted by atomic mass is 10.1. The zero-order valence-corrected chi connectivity index (χ0v) is 8.74. The molecule has 0 saturated heterocycles. The van der Waals surface area contributed by atoms with E-state index in [0.29, 0.717) is 11.3 Å². The van der Waals surface area contributed by atoms with Crippen LogP contribution < -0.4 is 0 Å². The first-order chi connectivity index (χ1) is 5.60. The molecule has 1 aliphatic rings. The summed E-state index contributed by atoms with van der Waals surface area (Å²) in [5.74, 6) is 1.64. The van der Waals surface area contributed by atoms with Gasteiger partial charge in [-0.05, 0) is 23.5 Å². The van der Waals surface area contributed by atoms with Crippen LogP contribution in [0.3, 0.4) is 0 Å². The topological polar surface area (TPSA) is 23.8 Å². The standard InChI is InChI=1S/C10H15NS/c1-4-12-9(7-11)5-8-6-10(8,2)3/h5,8H,4,6H2,1-3H3/b9-5+/t8-/m0/s1. The fraction of sp³-hybridized carbons (Fsp3) is 0.700. The molecule has 1 saturated carbocycles. The monoisotopic (exact) mass is 181 g/mol. The third-order valence-electron chi connectivity index (χ3n) is 2.35. The van der Waals surface area contributed by atoms with Crippen LogP contribution in [0.15, 0.2) is 11.0 Å². The van der Waals surface area contributed by atoms with Crippen molar-refractivity contribution >= 4 is 11.8 Å². The second-order valence-electron chi connectivity index (χ2n) is 3.87. The lowest BCUT2D eigenvalue weighted by Gasteiger charge is -1.98. The highest BCUT2D eigenvalue weighted by atomic mass is 32.2. The van der Waals surface area contributed by atoms with Gasteiger partial charge in [0.2, 0.25) is 0 Å². The summed E-state index contributed by atoms with van der Waals surface area (Å²) >= 11 is 1.65. The number of thioether (sulfide) groups is 1. The molecule has 0 bridgehead atoms. The van der Waals surface area contributed by atoms with E-state index in [1.807, 2.05) is 0 Å². The SMILES string of the molecule is CCS/C(C#N)=C/[C@H]1CC1(C)C. The van der Waals surface area contributed by atoms with E-state index < -0.39 is 0 Å². The van der Waals surface area contributed by atoms with Gasteiger partial charge in [-0.25, -0.2) is 0 Å². The van der Waals surface area contributed by atoms with Gasteiger partial charge in [0.1, 0.15) is 6.07 Å². The second-order valence-corrected chi connectivity index (χ2v) is 5.18. The van der Waals surface area contributed by atoms with Crippen molar-refractivity contribution < 1.29 is 0 Å². The van der Waals surface area contributed by atoms with Crippen LogP contribution in [0, 0.1) is 22.7 Å². The Kier molecular flexibility index (Phi) is 2.85. The summed E-state index contributed by atoms with van der Waals surface area (Å²) in [6, 6.07) is 2.24. The highest BCUT2D eigenvalue weighted by Crippen LogP contribution is 2.53. The number of rotatable bonds is 3. The molecule has 0 amide bonds. The van der Waals surface area contributed by atoms with Crippen LogP contribution in [-0.2, 0) is 0 Å². The molecular weight excluding hydrogens is 166 g/mol. The van der Waals surface area contributed by atoms with Gasteiger partial charge < -0.3 is 0 Å². The van der Waals surface area contributed by atoms with Gasteiger partial charge in [-0.15, -0.1) is 11.8 Å². The maximum atomic E-state index is 8.76. The molecule has 1 nitrogen and oxygen atoms in total. The number of allylic oxidation sites excluding steroid dienone is 2. The van der Waals surface area contributed by atoms with Gasteiger partial charge in [-0.1, -0.05) is 26.8 Å².